The Labute approximate surface area is 69.5 Å². The molecule has 1 nitrogen and oxygen atoms in total. The zero-order valence-electron chi connectivity index (χ0n) is 7.81. The highest BCUT2D eigenvalue weighted by Crippen LogP contribution is 2.03. The number of nitrogens with one attached hydrogen (secondary N) is 1. The van der Waals surface area contributed by atoms with E-state index in [-0.39, 0.29) is 0 Å². The monoisotopic (exact) mass is 151 g/mol. The molecule has 0 aromatic rings. The van der Waals surface area contributed by atoms with Crippen molar-refractivity contribution in [1.82, 2.24) is 5.32 Å². The summed E-state index contributed by atoms with van der Waals surface area (Å²) in [6.45, 7) is 6.12. The third kappa shape index (κ3) is 3.66. The minimum absolute atomic E-state index is 1.17. The Hall–Kier alpha value is -0.980. The summed E-state index contributed by atoms with van der Waals surface area (Å²) in [5, 5.41) is 3.13. The molecule has 0 aliphatic heterocycles. The maximum Gasteiger partial charge on any atom is 0.0363 e. The molecule has 0 heterocycles. The van der Waals surface area contributed by atoms with Gasteiger partial charge in [0, 0.05) is 12.7 Å². The van der Waals surface area contributed by atoms with Gasteiger partial charge >= 0.3 is 0 Å². The molecule has 0 saturated heterocycles. The summed E-state index contributed by atoms with van der Waals surface area (Å²) in [5.41, 5.74) is 2.43. The van der Waals surface area contributed by atoms with Gasteiger partial charge < -0.3 is 5.32 Å². The van der Waals surface area contributed by atoms with Crippen molar-refractivity contribution in [2.24, 2.45) is 0 Å². The highest BCUT2D eigenvalue weighted by Gasteiger charge is 1.89. The first-order valence-corrected chi connectivity index (χ1v) is 3.90. The zero-order valence-corrected chi connectivity index (χ0v) is 7.81. The molecule has 11 heavy (non-hydrogen) atoms. The fourth-order valence-electron chi connectivity index (χ4n) is 0.918. The molecule has 0 amide bonds. The van der Waals surface area contributed by atoms with Crippen molar-refractivity contribution >= 4 is 0 Å². The van der Waals surface area contributed by atoms with Crippen LogP contribution in [0.1, 0.15) is 20.8 Å². The summed E-state index contributed by atoms with van der Waals surface area (Å²) in [6.07, 6.45) is 8.22. The molecule has 0 aromatic heterocycles. The molecular weight excluding hydrogens is 134 g/mol. The number of allylic oxidation sites excluding steroid dienone is 5. The van der Waals surface area contributed by atoms with Crippen molar-refractivity contribution in [3.8, 4) is 0 Å². The zero-order chi connectivity index (χ0) is 8.69. The molecule has 0 radical (unpaired) electrons. The van der Waals surface area contributed by atoms with E-state index in [1.165, 1.54) is 11.3 Å². The van der Waals surface area contributed by atoms with E-state index in [4.69, 9.17) is 0 Å². The minimum Gasteiger partial charge on any atom is -0.388 e. The molecule has 0 aliphatic carbocycles. The largest absolute Gasteiger partial charge is 0.388 e. The van der Waals surface area contributed by atoms with Crippen LogP contribution in [0.15, 0.2) is 35.6 Å². The van der Waals surface area contributed by atoms with Gasteiger partial charge in [0.05, 0.1) is 0 Å². The molecule has 0 rings (SSSR count). The lowest BCUT2D eigenvalue weighted by Gasteiger charge is -2.02. The Kier molecular flexibility index (Phi) is 5.26. The Balaban J connectivity index is 4.52. The summed E-state index contributed by atoms with van der Waals surface area (Å²) in [5.74, 6) is 0. The van der Waals surface area contributed by atoms with Gasteiger partial charge in [0.2, 0.25) is 0 Å². The predicted molar refractivity (Wildman–Crippen MR) is 51.4 cm³/mol. The van der Waals surface area contributed by atoms with Crippen LogP contribution in [0.25, 0.3) is 0 Å². The summed E-state index contributed by atoms with van der Waals surface area (Å²) < 4.78 is 0. The summed E-state index contributed by atoms with van der Waals surface area (Å²) >= 11 is 0. The van der Waals surface area contributed by atoms with E-state index >= 15 is 0 Å². The highest BCUT2D eigenvalue weighted by molar-refractivity contribution is 5.29. The quantitative estimate of drug-likeness (QED) is 0.611. The maximum absolute atomic E-state index is 3.13. The molecule has 0 aromatic carbocycles. The standard InChI is InChI=1S/C10H17N/c1-5-7-9(3)10(11-4)8-6-2/h5-8,11H,1-4H3/b7-5-,8-6-,10-9+. The van der Waals surface area contributed by atoms with Crippen LogP contribution in [0.4, 0.5) is 0 Å². The Morgan fingerprint density at radius 3 is 2.00 bits per heavy atom. The van der Waals surface area contributed by atoms with E-state index in [9.17, 15) is 0 Å². The van der Waals surface area contributed by atoms with Crippen molar-refractivity contribution in [3.05, 3.63) is 35.6 Å². The Bertz CT molecular complexity index is 185. The lowest BCUT2D eigenvalue weighted by molar-refractivity contribution is 1.01. The van der Waals surface area contributed by atoms with Gasteiger partial charge in [-0.05, 0) is 32.4 Å². The van der Waals surface area contributed by atoms with Gasteiger partial charge in [-0.25, -0.2) is 0 Å². The summed E-state index contributed by atoms with van der Waals surface area (Å²) in [4.78, 5) is 0. The second-order valence-electron chi connectivity index (χ2n) is 2.35. The van der Waals surface area contributed by atoms with Crippen molar-refractivity contribution in [2.45, 2.75) is 20.8 Å². The van der Waals surface area contributed by atoms with Gasteiger partial charge in [0.1, 0.15) is 0 Å². The third-order valence-electron chi connectivity index (χ3n) is 1.44. The first-order chi connectivity index (χ1) is 5.26. The van der Waals surface area contributed by atoms with Crippen molar-refractivity contribution in [2.75, 3.05) is 7.05 Å². The highest BCUT2D eigenvalue weighted by atomic mass is 14.8. The molecular formula is C10H17N. The second kappa shape index (κ2) is 5.78. The molecule has 0 saturated carbocycles. The number of likely N-dealkylation sites (N-methyl/N-ethyl adjacent to an activating group) is 1. The van der Waals surface area contributed by atoms with Crippen molar-refractivity contribution in [3.63, 3.8) is 0 Å². The average Bonchev–Trinajstić information content (AvgIpc) is 2.00. The van der Waals surface area contributed by atoms with Gasteiger partial charge in [-0.15, -0.1) is 0 Å². The fraction of sp³-hybridized carbons (Fsp3) is 0.400. The van der Waals surface area contributed by atoms with Gasteiger partial charge in [-0.1, -0.05) is 18.2 Å². The minimum atomic E-state index is 1.17. The molecule has 0 unspecified atom stereocenters. The van der Waals surface area contributed by atoms with Crippen LogP contribution in [0.5, 0.6) is 0 Å². The molecule has 62 valence electrons. The maximum atomic E-state index is 3.13. The fourth-order valence-corrected chi connectivity index (χ4v) is 0.918. The SMILES string of the molecule is C\C=C/C(C)=C(\C=C/C)NC. The molecule has 0 fully saturated rings. The number of hydrogen-bond donors (Lipinski definition) is 1. The molecule has 0 bridgehead atoms. The third-order valence-corrected chi connectivity index (χ3v) is 1.44. The van der Waals surface area contributed by atoms with Crippen LogP contribution in [0, 0.1) is 0 Å². The van der Waals surface area contributed by atoms with Gasteiger partial charge in [0.25, 0.3) is 0 Å². The van der Waals surface area contributed by atoms with E-state index in [0.717, 1.165) is 0 Å². The van der Waals surface area contributed by atoms with E-state index in [1.54, 1.807) is 0 Å². The van der Waals surface area contributed by atoms with E-state index in [2.05, 4.69) is 24.4 Å². The number of hydrogen-bond acceptors (Lipinski definition) is 1. The van der Waals surface area contributed by atoms with Crippen LogP contribution < -0.4 is 5.32 Å². The Morgan fingerprint density at radius 1 is 1.09 bits per heavy atom. The van der Waals surface area contributed by atoms with Crippen LogP contribution in [0.3, 0.4) is 0 Å². The van der Waals surface area contributed by atoms with E-state index in [1.807, 2.05) is 33.0 Å². The van der Waals surface area contributed by atoms with Gasteiger partial charge in [-0.2, -0.15) is 0 Å². The second-order valence-corrected chi connectivity index (χ2v) is 2.35. The summed E-state index contributed by atoms with van der Waals surface area (Å²) in [7, 11) is 1.93. The van der Waals surface area contributed by atoms with Crippen LogP contribution in [0.2, 0.25) is 0 Å². The topological polar surface area (TPSA) is 12.0 Å². The van der Waals surface area contributed by atoms with Crippen molar-refractivity contribution < 1.29 is 0 Å². The normalized spacial score (nSPS) is 14.2. The smallest absolute Gasteiger partial charge is 0.0363 e. The molecule has 0 aliphatic rings. The first-order valence-electron chi connectivity index (χ1n) is 3.90. The number of rotatable bonds is 3. The average molecular weight is 151 g/mol. The molecule has 0 spiro atoms. The Morgan fingerprint density at radius 2 is 1.64 bits per heavy atom. The molecule has 1 heteroatoms. The first kappa shape index (κ1) is 10.0. The van der Waals surface area contributed by atoms with Crippen LogP contribution in [-0.4, -0.2) is 7.05 Å². The summed E-state index contributed by atoms with van der Waals surface area (Å²) in [6, 6.07) is 0. The van der Waals surface area contributed by atoms with Crippen LogP contribution in [-0.2, 0) is 0 Å². The van der Waals surface area contributed by atoms with Crippen LogP contribution >= 0.6 is 0 Å². The molecule has 0 atom stereocenters. The lowest BCUT2D eigenvalue weighted by Crippen LogP contribution is -2.04. The predicted octanol–water partition coefficient (Wildman–Crippen LogP) is 2.63. The van der Waals surface area contributed by atoms with Crippen molar-refractivity contribution in [1.29, 1.82) is 0 Å². The van der Waals surface area contributed by atoms with E-state index < -0.39 is 0 Å². The van der Waals surface area contributed by atoms with E-state index in [0.29, 0.717) is 0 Å². The molecule has 1 N–H and O–H groups in total. The lowest BCUT2D eigenvalue weighted by atomic mass is 10.2. The van der Waals surface area contributed by atoms with Gasteiger partial charge in [-0.3, -0.25) is 0 Å². The van der Waals surface area contributed by atoms with Gasteiger partial charge in [0.15, 0.2) is 0 Å².